The number of hydrogen-bond donors (Lipinski definition) is 1. The normalized spacial score (nSPS) is 11.0. The lowest BCUT2D eigenvalue weighted by atomic mass is 10.1. The third-order valence-electron chi connectivity index (χ3n) is 2.79. The van der Waals surface area contributed by atoms with Crippen molar-refractivity contribution < 1.29 is 14.3 Å². The maximum atomic E-state index is 11.4. The minimum absolute atomic E-state index is 0.169. The number of nitrogens with zero attached hydrogens (tertiary/aromatic N) is 2. The predicted octanol–water partition coefficient (Wildman–Crippen LogP) is 3.03. The van der Waals surface area contributed by atoms with E-state index in [0.29, 0.717) is 21.8 Å². The van der Waals surface area contributed by atoms with Crippen LogP contribution in [-0.4, -0.2) is 20.9 Å². The Hall–Kier alpha value is -2.27. The Labute approximate surface area is 113 Å². The number of benzene rings is 1. The van der Waals surface area contributed by atoms with E-state index in [0.717, 1.165) is 0 Å². The Kier molecular flexibility index (Phi) is 2.76. The van der Waals surface area contributed by atoms with E-state index >= 15 is 0 Å². The quantitative estimate of drug-likeness (QED) is 0.798. The maximum absolute atomic E-state index is 11.4. The molecule has 0 spiro atoms. The fourth-order valence-electron chi connectivity index (χ4n) is 2.01. The second-order valence-corrected chi connectivity index (χ2v) is 4.49. The second kappa shape index (κ2) is 4.44. The summed E-state index contributed by atoms with van der Waals surface area (Å²) in [6, 6.07) is 7.04. The van der Waals surface area contributed by atoms with Gasteiger partial charge in [-0.3, -0.25) is 4.68 Å². The number of furan rings is 1. The standard InChI is InChI=1S/C13H9ClN2O3/c14-8-5-15-16(6-8)7-11-12(13(17)18)9-3-1-2-4-10(9)19-11/h1-6H,7H2,(H,17,18). The number of aromatic nitrogens is 2. The van der Waals surface area contributed by atoms with Crippen molar-refractivity contribution in [1.82, 2.24) is 9.78 Å². The Morgan fingerprint density at radius 1 is 1.42 bits per heavy atom. The molecule has 2 heterocycles. The highest BCUT2D eigenvalue weighted by atomic mass is 35.5. The first-order chi connectivity index (χ1) is 9.15. The topological polar surface area (TPSA) is 68.3 Å². The SMILES string of the molecule is O=C(O)c1c(Cn2cc(Cl)cn2)oc2ccccc12. The molecule has 0 saturated carbocycles. The van der Waals surface area contributed by atoms with E-state index in [-0.39, 0.29) is 12.1 Å². The number of halogens is 1. The van der Waals surface area contributed by atoms with Crippen LogP contribution in [0.25, 0.3) is 11.0 Å². The van der Waals surface area contributed by atoms with E-state index in [1.54, 1.807) is 30.5 Å². The zero-order valence-electron chi connectivity index (χ0n) is 9.71. The Morgan fingerprint density at radius 3 is 2.89 bits per heavy atom. The molecule has 0 aliphatic rings. The van der Waals surface area contributed by atoms with Crippen molar-refractivity contribution >= 4 is 28.5 Å². The van der Waals surface area contributed by atoms with E-state index in [9.17, 15) is 9.90 Å². The number of carbonyl (C=O) groups is 1. The van der Waals surface area contributed by atoms with Crippen LogP contribution in [0.15, 0.2) is 41.1 Å². The number of rotatable bonds is 3. The van der Waals surface area contributed by atoms with E-state index < -0.39 is 5.97 Å². The Morgan fingerprint density at radius 2 is 2.21 bits per heavy atom. The molecule has 5 nitrogen and oxygen atoms in total. The molecule has 0 saturated heterocycles. The lowest BCUT2D eigenvalue weighted by molar-refractivity contribution is 0.0696. The Balaban J connectivity index is 2.12. The summed E-state index contributed by atoms with van der Waals surface area (Å²) in [4.78, 5) is 11.4. The molecule has 0 radical (unpaired) electrons. The molecule has 0 aliphatic carbocycles. The molecular weight excluding hydrogens is 268 g/mol. The average molecular weight is 277 g/mol. The van der Waals surface area contributed by atoms with Gasteiger partial charge in [0.1, 0.15) is 16.9 Å². The van der Waals surface area contributed by atoms with Crippen LogP contribution < -0.4 is 0 Å². The minimum Gasteiger partial charge on any atom is -0.478 e. The summed E-state index contributed by atoms with van der Waals surface area (Å²) in [5, 5.41) is 14.4. The average Bonchev–Trinajstić information content (AvgIpc) is 2.92. The molecule has 0 aliphatic heterocycles. The van der Waals surface area contributed by atoms with Crippen molar-refractivity contribution in [1.29, 1.82) is 0 Å². The van der Waals surface area contributed by atoms with Gasteiger partial charge >= 0.3 is 5.97 Å². The molecule has 19 heavy (non-hydrogen) atoms. The number of hydrogen-bond acceptors (Lipinski definition) is 3. The molecule has 1 aromatic carbocycles. The van der Waals surface area contributed by atoms with Gasteiger partial charge in [-0.05, 0) is 6.07 Å². The van der Waals surface area contributed by atoms with Crippen LogP contribution in [0, 0.1) is 0 Å². The summed E-state index contributed by atoms with van der Waals surface area (Å²) in [7, 11) is 0. The van der Waals surface area contributed by atoms with Gasteiger partial charge < -0.3 is 9.52 Å². The van der Waals surface area contributed by atoms with Crippen LogP contribution in [0.4, 0.5) is 0 Å². The largest absolute Gasteiger partial charge is 0.478 e. The van der Waals surface area contributed by atoms with Crippen LogP contribution in [-0.2, 0) is 6.54 Å². The lowest BCUT2D eigenvalue weighted by Crippen LogP contribution is -2.05. The van der Waals surface area contributed by atoms with Crippen molar-refractivity contribution in [3.8, 4) is 0 Å². The van der Waals surface area contributed by atoms with Crippen LogP contribution in [0.1, 0.15) is 16.1 Å². The molecule has 1 N–H and O–H groups in total. The van der Waals surface area contributed by atoms with Crippen molar-refractivity contribution in [2.75, 3.05) is 0 Å². The van der Waals surface area contributed by atoms with Crippen molar-refractivity contribution in [2.24, 2.45) is 0 Å². The van der Waals surface area contributed by atoms with Gasteiger partial charge in [0.15, 0.2) is 0 Å². The van der Waals surface area contributed by atoms with Gasteiger partial charge in [0.2, 0.25) is 0 Å². The highest BCUT2D eigenvalue weighted by Crippen LogP contribution is 2.26. The van der Waals surface area contributed by atoms with Gasteiger partial charge in [-0.2, -0.15) is 5.10 Å². The highest BCUT2D eigenvalue weighted by molar-refractivity contribution is 6.30. The maximum Gasteiger partial charge on any atom is 0.339 e. The van der Waals surface area contributed by atoms with Gasteiger partial charge in [0, 0.05) is 11.6 Å². The van der Waals surface area contributed by atoms with Crippen LogP contribution >= 0.6 is 11.6 Å². The Bertz CT molecular complexity index is 760. The highest BCUT2D eigenvalue weighted by Gasteiger charge is 2.20. The second-order valence-electron chi connectivity index (χ2n) is 4.06. The fourth-order valence-corrected chi connectivity index (χ4v) is 2.17. The molecule has 3 rings (SSSR count). The zero-order chi connectivity index (χ0) is 13.4. The first-order valence-corrected chi connectivity index (χ1v) is 5.94. The molecule has 0 fully saturated rings. The van der Waals surface area contributed by atoms with Crippen molar-refractivity contribution in [3.63, 3.8) is 0 Å². The minimum atomic E-state index is -1.02. The van der Waals surface area contributed by atoms with Gasteiger partial charge in [-0.1, -0.05) is 29.8 Å². The monoisotopic (exact) mass is 276 g/mol. The zero-order valence-corrected chi connectivity index (χ0v) is 10.5. The first kappa shape index (κ1) is 11.8. The summed E-state index contributed by atoms with van der Waals surface area (Å²) in [5.74, 6) is -0.660. The smallest absolute Gasteiger partial charge is 0.339 e. The molecule has 6 heteroatoms. The molecule has 0 unspecified atom stereocenters. The molecular formula is C13H9ClN2O3. The van der Waals surface area contributed by atoms with E-state index in [1.807, 2.05) is 0 Å². The van der Waals surface area contributed by atoms with Crippen LogP contribution in [0.5, 0.6) is 0 Å². The molecule has 3 aromatic rings. The lowest BCUT2D eigenvalue weighted by Gasteiger charge is -1.99. The number of fused-ring (bicyclic) bond motifs is 1. The van der Waals surface area contributed by atoms with Gasteiger partial charge in [-0.15, -0.1) is 0 Å². The summed E-state index contributed by atoms with van der Waals surface area (Å²) in [5.41, 5.74) is 0.718. The molecule has 2 aromatic heterocycles. The predicted molar refractivity (Wildman–Crippen MR) is 69.5 cm³/mol. The van der Waals surface area contributed by atoms with Crippen molar-refractivity contribution in [2.45, 2.75) is 6.54 Å². The van der Waals surface area contributed by atoms with Gasteiger partial charge in [0.05, 0.1) is 17.8 Å². The van der Waals surface area contributed by atoms with Crippen molar-refractivity contribution in [3.05, 3.63) is 53.0 Å². The fraction of sp³-hybridized carbons (Fsp3) is 0.0769. The van der Waals surface area contributed by atoms with Crippen LogP contribution in [0.3, 0.4) is 0 Å². The van der Waals surface area contributed by atoms with E-state index in [2.05, 4.69) is 5.10 Å². The van der Waals surface area contributed by atoms with E-state index in [4.69, 9.17) is 16.0 Å². The number of para-hydroxylation sites is 1. The third kappa shape index (κ3) is 2.08. The van der Waals surface area contributed by atoms with Gasteiger partial charge in [-0.25, -0.2) is 4.79 Å². The molecule has 0 atom stereocenters. The molecule has 96 valence electrons. The van der Waals surface area contributed by atoms with Gasteiger partial charge in [0.25, 0.3) is 0 Å². The number of aromatic carboxylic acids is 1. The summed E-state index contributed by atoms with van der Waals surface area (Å²) < 4.78 is 7.12. The number of carboxylic acids is 1. The molecule has 0 bridgehead atoms. The third-order valence-corrected chi connectivity index (χ3v) is 2.98. The van der Waals surface area contributed by atoms with Crippen LogP contribution in [0.2, 0.25) is 5.02 Å². The first-order valence-electron chi connectivity index (χ1n) is 5.57. The summed E-state index contributed by atoms with van der Waals surface area (Å²) in [6.07, 6.45) is 3.10. The summed E-state index contributed by atoms with van der Waals surface area (Å²) in [6.45, 7) is 0.225. The molecule has 0 amide bonds. The summed E-state index contributed by atoms with van der Waals surface area (Å²) >= 11 is 5.78. The van der Waals surface area contributed by atoms with E-state index in [1.165, 1.54) is 10.9 Å². The number of carboxylic acid groups (broad SMARTS) is 1.